The van der Waals surface area contributed by atoms with Gasteiger partial charge in [0.1, 0.15) is 5.76 Å². The molecule has 3 aliphatic carbocycles. The second-order valence-electron chi connectivity index (χ2n) is 7.51. The molecule has 5 unspecified atom stereocenters. The number of hydrogen-bond donors (Lipinski definition) is 2. The summed E-state index contributed by atoms with van der Waals surface area (Å²) in [4.78, 5) is 25.0. The summed E-state index contributed by atoms with van der Waals surface area (Å²) in [5, 5.41) is 21.8. The number of carbonyl (C=O) groups excluding carboxylic acids is 2. The van der Waals surface area contributed by atoms with E-state index >= 15 is 0 Å². The summed E-state index contributed by atoms with van der Waals surface area (Å²) >= 11 is 0. The van der Waals surface area contributed by atoms with Crippen molar-refractivity contribution in [2.75, 3.05) is 13.2 Å². The van der Waals surface area contributed by atoms with Gasteiger partial charge in [0.25, 0.3) is 0 Å². The van der Waals surface area contributed by atoms with Crippen LogP contribution in [0.25, 0.3) is 0 Å². The Labute approximate surface area is 148 Å². The van der Waals surface area contributed by atoms with Gasteiger partial charge in [-0.3, -0.25) is 4.79 Å². The molecule has 6 nitrogen and oxygen atoms in total. The standard InChI is InChI=1S/C19H28O6/c1-3-24-17(21)15-13-9-19(23,10-14(15)20)16(18(22)25-4-2)12-8-6-5-7-11(12)13/h11-13,16,20,23H,3-10H2,1-2H3. The van der Waals surface area contributed by atoms with Gasteiger partial charge in [-0.2, -0.15) is 0 Å². The van der Waals surface area contributed by atoms with Crippen molar-refractivity contribution in [2.24, 2.45) is 23.7 Å². The van der Waals surface area contributed by atoms with Crippen molar-refractivity contribution < 1.29 is 29.3 Å². The third kappa shape index (κ3) is 3.05. The van der Waals surface area contributed by atoms with E-state index in [0.717, 1.165) is 25.7 Å². The van der Waals surface area contributed by atoms with Crippen molar-refractivity contribution in [1.82, 2.24) is 0 Å². The number of hydrogen-bond acceptors (Lipinski definition) is 6. The summed E-state index contributed by atoms with van der Waals surface area (Å²) < 4.78 is 10.4. The summed E-state index contributed by atoms with van der Waals surface area (Å²) in [7, 11) is 0. The lowest BCUT2D eigenvalue weighted by atomic mass is 9.51. The number of aliphatic hydroxyl groups excluding tert-OH is 1. The van der Waals surface area contributed by atoms with Crippen molar-refractivity contribution >= 4 is 11.9 Å². The predicted molar refractivity (Wildman–Crippen MR) is 89.5 cm³/mol. The molecule has 3 aliphatic rings. The van der Waals surface area contributed by atoms with Crippen LogP contribution in [0.4, 0.5) is 0 Å². The van der Waals surface area contributed by atoms with Crippen LogP contribution in [-0.2, 0) is 19.1 Å². The van der Waals surface area contributed by atoms with Crippen molar-refractivity contribution in [3.8, 4) is 0 Å². The van der Waals surface area contributed by atoms with Gasteiger partial charge < -0.3 is 19.7 Å². The van der Waals surface area contributed by atoms with Gasteiger partial charge in [0.2, 0.25) is 0 Å². The highest BCUT2D eigenvalue weighted by Gasteiger charge is 2.60. The van der Waals surface area contributed by atoms with Crippen LogP contribution in [0.5, 0.6) is 0 Å². The minimum absolute atomic E-state index is 0.0194. The molecule has 6 heteroatoms. The number of rotatable bonds is 4. The molecule has 0 amide bonds. The van der Waals surface area contributed by atoms with Crippen molar-refractivity contribution in [1.29, 1.82) is 0 Å². The molecule has 0 saturated heterocycles. The normalized spacial score (nSPS) is 37.2. The van der Waals surface area contributed by atoms with Crippen LogP contribution in [0.1, 0.15) is 52.4 Å². The fourth-order valence-corrected chi connectivity index (χ4v) is 5.36. The van der Waals surface area contributed by atoms with Crippen molar-refractivity contribution in [3.05, 3.63) is 11.3 Å². The zero-order chi connectivity index (χ0) is 18.2. The molecule has 140 valence electrons. The van der Waals surface area contributed by atoms with Gasteiger partial charge in [-0.1, -0.05) is 12.8 Å². The summed E-state index contributed by atoms with van der Waals surface area (Å²) in [5.41, 5.74) is -1.04. The number of aliphatic hydroxyl groups is 2. The number of esters is 2. The van der Waals surface area contributed by atoms with E-state index in [0.29, 0.717) is 12.0 Å². The Bertz CT molecular complexity index is 582. The lowest BCUT2D eigenvalue weighted by Gasteiger charge is -2.54. The molecule has 2 saturated carbocycles. The van der Waals surface area contributed by atoms with E-state index in [1.165, 1.54) is 0 Å². The first-order valence-electron chi connectivity index (χ1n) is 9.41. The molecule has 0 spiro atoms. The molecule has 2 bridgehead atoms. The van der Waals surface area contributed by atoms with Crippen LogP contribution < -0.4 is 0 Å². The second-order valence-corrected chi connectivity index (χ2v) is 7.51. The largest absolute Gasteiger partial charge is 0.512 e. The molecule has 2 N–H and O–H groups in total. The SMILES string of the molecule is CCOC(=O)C1=C(O)CC2(O)CC1C1CCCCC1C2C(=O)OCC. The second kappa shape index (κ2) is 6.98. The van der Waals surface area contributed by atoms with Crippen molar-refractivity contribution in [2.45, 2.75) is 58.0 Å². The van der Waals surface area contributed by atoms with E-state index in [2.05, 4.69) is 0 Å². The quantitative estimate of drug-likeness (QED) is 0.755. The van der Waals surface area contributed by atoms with E-state index in [1.807, 2.05) is 0 Å². The van der Waals surface area contributed by atoms with Crippen LogP contribution in [0.2, 0.25) is 0 Å². The molecule has 0 aliphatic heterocycles. The highest BCUT2D eigenvalue weighted by molar-refractivity contribution is 5.90. The Balaban J connectivity index is 2.02. The molecule has 5 atom stereocenters. The van der Waals surface area contributed by atoms with Crippen LogP contribution >= 0.6 is 0 Å². The maximum Gasteiger partial charge on any atom is 0.337 e. The van der Waals surface area contributed by atoms with Gasteiger partial charge in [-0.05, 0) is 44.9 Å². The molecular formula is C19H28O6. The average Bonchev–Trinajstić information content (AvgIpc) is 2.54. The molecule has 3 rings (SSSR count). The average molecular weight is 352 g/mol. The minimum Gasteiger partial charge on any atom is -0.512 e. The highest BCUT2D eigenvalue weighted by Crippen LogP contribution is 2.57. The summed E-state index contributed by atoms with van der Waals surface area (Å²) in [6, 6.07) is 0. The Kier molecular flexibility index (Phi) is 5.09. The van der Waals surface area contributed by atoms with E-state index < -0.39 is 17.5 Å². The van der Waals surface area contributed by atoms with Gasteiger partial charge >= 0.3 is 11.9 Å². The smallest absolute Gasteiger partial charge is 0.337 e. The zero-order valence-electron chi connectivity index (χ0n) is 15.0. The van der Waals surface area contributed by atoms with Crippen LogP contribution in [0.15, 0.2) is 11.3 Å². The molecule has 0 aromatic heterocycles. The number of carbonyl (C=O) groups is 2. The molecule has 0 aromatic rings. The molecule has 25 heavy (non-hydrogen) atoms. The summed E-state index contributed by atoms with van der Waals surface area (Å²) in [5.74, 6) is -1.83. The number of ether oxygens (including phenoxy) is 2. The fourth-order valence-electron chi connectivity index (χ4n) is 5.36. The minimum atomic E-state index is -1.35. The number of fused-ring (bicyclic) bond motifs is 4. The molecule has 0 radical (unpaired) electrons. The Morgan fingerprint density at radius 3 is 2.40 bits per heavy atom. The van der Waals surface area contributed by atoms with E-state index in [9.17, 15) is 19.8 Å². The van der Waals surface area contributed by atoms with Crippen LogP contribution in [0, 0.1) is 23.7 Å². The van der Waals surface area contributed by atoms with Crippen LogP contribution in [0.3, 0.4) is 0 Å². The van der Waals surface area contributed by atoms with Gasteiger partial charge in [0, 0.05) is 12.3 Å². The topological polar surface area (TPSA) is 93.1 Å². The monoisotopic (exact) mass is 352 g/mol. The van der Waals surface area contributed by atoms with Gasteiger partial charge in [0.05, 0.1) is 30.3 Å². The third-order valence-electron chi connectivity index (χ3n) is 6.16. The Morgan fingerprint density at radius 2 is 1.76 bits per heavy atom. The Hall–Kier alpha value is -1.56. The molecule has 0 aromatic carbocycles. The predicted octanol–water partition coefficient (Wildman–Crippen LogP) is 2.50. The fraction of sp³-hybridized carbons (Fsp3) is 0.789. The van der Waals surface area contributed by atoms with E-state index in [4.69, 9.17) is 9.47 Å². The zero-order valence-corrected chi connectivity index (χ0v) is 15.0. The first-order chi connectivity index (χ1) is 11.9. The summed E-state index contributed by atoms with van der Waals surface area (Å²) in [6.07, 6.45) is 3.97. The van der Waals surface area contributed by atoms with Gasteiger partial charge in [-0.25, -0.2) is 4.79 Å². The molecule has 0 heterocycles. The molecular weight excluding hydrogens is 324 g/mol. The first-order valence-corrected chi connectivity index (χ1v) is 9.41. The van der Waals surface area contributed by atoms with Gasteiger partial charge in [0.15, 0.2) is 0 Å². The van der Waals surface area contributed by atoms with Crippen LogP contribution in [-0.4, -0.2) is 41.0 Å². The Morgan fingerprint density at radius 1 is 1.12 bits per heavy atom. The molecule has 2 fully saturated rings. The highest BCUT2D eigenvalue weighted by atomic mass is 16.5. The maximum absolute atomic E-state index is 12.6. The maximum atomic E-state index is 12.6. The van der Waals surface area contributed by atoms with Gasteiger partial charge in [-0.15, -0.1) is 0 Å². The lowest BCUT2D eigenvalue weighted by Crippen LogP contribution is -2.59. The van der Waals surface area contributed by atoms with Crippen molar-refractivity contribution in [3.63, 3.8) is 0 Å². The summed E-state index contributed by atoms with van der Waals surface area (Å²) in [6.45, 7) is 3.99. The van der Waals surface area contributed by atoms with E-state index in [-0.39, 0.29) is 49.1 Å². The first kappa shape index (κ1) is 18.2. The van der Waals surface area contributed by atoms with E-state index in [1.54, 1.807) is 13.8 Å². The third-order valence-corrected chi connectivity index (χ3v) is 6.16. The lowest BCUT2D eigenvalue weighted by molar-refractivity contribution is -0.182.